The monoisotopic (exact) mass is 253 g/mol. The van der Waals surface area contributed by atoms with Crippen molar-refractivity contribution < 1.29 is 17.9 Å². The third kappa shape index (κ3) is 5.25. The average molecular weight is 253 g/mol. The standard InChI is InChI=1S/C10H18F3N3O/c1-7(10(11,12)13)5-15-9(14)16-6-8-3-2-4-17-8/h7-8H,2-6H2,1H3,(H3,14,15,16). The molecule has 3 N–H and O–H groups in total. The Kier molecular flexibility index (Phi) is 5.04. The number of nitrogens with one attached hydrogen (secondary N) is 1. The molecule has 2 unspecified atom stereocenters. The normalized spacial score (nSPS) is 23.8. The van der Waals surface area contributed by atoms with Gasteiger partial charge in [0.25, 0.3) is 0 Å². The maximum absolute atomic E-state index is 12.2. The van der Waals surface area contributed by atoms with Gasteiger partial charge >= 0.3 is 6.18 Å². The summed E-state index contributed by atoms with van der Waals surface area (Å²) in [6.45, 7) is 1.95. The van der Waals surface area contributed by atoms with E-state index in [-0.39, 0.29) is 18.6 Å². The summed E-state index contributed by atoms with van der Waals surface area (Å²) in [6, 6.07) is 0. The van der Waals surface area contributed by atoms with Gasteiger partial charge in [-0.05, 0) is 12.8 Å². The fraction of sp³-hybridized carbons (Fsp3) is 0.900. The molecule has 1 rings (SSSR count). The first kappa shape index (κ1) is 14.1. The van der Waals surface area contributed by atoms with Crippen molar-refractivity contribution in [3.05, 3.63) is 0 Å². The van der Waals surface area contributed by atoms with Crippen molar-refractivity contribution in [1.82, 2.24) is 5.32 Å². The molecule has 0 saturated carbocycles. The largest absolute Gasteiger partial charge is 0.393 e. The fourth-order valence-corrected chi connectivity index (χ4v) is 1.42. The predicted octanol–water partition coefficient (Wildman–Crippen LogP) is 1.27. The number of rotatable bonds is 4. The summed E-state index contributed by atoms with van der Waals surface area (Å²) in [5.74, 6) is -1.44. The molecule has 1 heterocycles. The molecule has 1 saturated heterocycles. The molecule has 7 heteroatoms. The summed E-state index contributed by atoms with van der Waals surface area (Å²) in [7, 11) is 0. The van der Waals surface area contributed by atoms with Gasteiger partial charge in [0.05, 0.1) is 18.6 Å². The van der Waals surface area contributed by atoms with Crippen molar-refractivity contribution in [3.8, 4) is 0 Å². The Morgan fingerprint density at radius 3 is 2.82 bits per heavy atom. The number of ether oxygens (including phenoxy) is 1. The molecule has 0 aromatic carbocycles. The number of nitrogens with zero attached hydrogens (tertiary/aromatic N) is 1. The highest BCUT2D eigenvalue weighted by molar-refractivity contribution is 5.77. The lowest BCUT2D eigenvalue weighted by atomic mass is 10.2. The maximum Gasteiger partial charge on any atom is 0.393 e. The van der Waals surface area contributed by atoms with Crippen molar-refractivity contribution >= 4 is 5.96 Å². The number of nitrogens with two attached hydrogens (primary N) is 1. The molecule has 1 aliphatic rings. The van der Waals surface area contributed by atoms with E-state index in [0.29, 0.717) is 6.54 Å². The molecule has 1 aliphatic heterocycles. The average Bonchev–Trinajstić information content (AvgIpc) is 2.74. The van der Waals surface area contributed by atoms with Crippen LogP contribution in [0.15, 0.2) is 4.99 Å². The van der Waals surface area contributed by atoms with Gasteiger partial charge in [-0.1, -0.05) is 6.92 Å². The van der Waals surface area contributed by atoms with Gasteiger partial charge in [-0.25, -0.2) is 0 Å². The molecule has 0 spiro atoms. The highest BCUT2D eigenvalue weighted by Gasteiger charge is 2.35. The van der Waals surface area contributed by atoms with Gasteiger partial charge in [0.15, 0.2) is 5.96 Å². The molecular formula is C10H18F3N3O. The van der Waals surface area contributed by atoms with Crippen LogP contribution in [-0.2, 0) is 4.74 Å². The van der Waals surface area contributed by atoms with E-state index >= 15 is 0 Å². The molecule has 4 nitrogen and oxygen atoms in total. The number of hydrogen-bond acceptors (Lipinski definition) is 2. The fourth-order valence-electron chi connectivity index (χ4n) is 1.42. The molecule has 0 bridgehead atoms. The second-order valence-corrected chi connectivity index (χ2v) is 4.18. The molecule has 17 heavy (non-hydrogen) atoms. The SMILES string of the molecule is CC(CN=C(N)NCC1CCCO1)C(F)(F)F. The van der Waals surface area contributed by atoms with E-state index in [9.17, 15) is 13.2 Å². The lowest BCUT2D eigenvalue weighted by Gasteiger charge is -2.14. The van der Waals surface area contributed by atoms with Gasteiger partial charge in [0.1, 0.15) is 0 Å². The molecule has 0 radical (unpaired) electrons. The third-order valence-corrected chi connectivity index (χ3v) is 2.63. The number of guanidine groups is 1. The Morgan fingerprint density at radius 1 is 1.59 bits per heavy atom. The van der Waals surface area contributed by atoms with Crippen LogP contribution in [0.1, 0.15) is 19.8 Å². The number of aliphatic imine (C=N–C) groups is 1. The first-order valence-electron chi connectivity index (χ1n) is 5.61. The van der Waals surface area contributed by atoms with Gasteiger partial charge in [-0.2, -0.15) is 13.2 Å². The van der Waals surface area contributed by atoms with Crippen LogP contribution in [0.4, 0.5) is 13.2 Å². The Balaban J connectivity index is 2.24. The van der Waals surface area contributed by atoms with E-state index in [0.717, 1.165) is 26.4 Å². The Bertz CT molecular complexity index is 262. The summed E-state index contributed by atoms with van der Waals surface area (Å²) in [5, 5.41) is 2.77. The molecule has 2 atom stereocenters. The summed E-state index contributed by atoms with van der Waals surface area (Å²) < 4.78 is 41.9. The van der Waals surface area contributed by atoms with Crippen LogP contribution in [0.25, 0.3) is 0 Å². The Hall–Kier alpha value is -0.980. The van der Waals surface area contributed by atoms with Crippen molar-refractivity contribution in [2.45, 2.75) is 32.0 Å². The number of alkyl halides is 3. The van der Waals surface area contributed by atoms with Gasteiger partial charge < -0.3 is 15.8 Å². The molecule has 0 aromatic rings. The molecule has 1 fully saturated rings. The molecular weight excluding hydrogens is 235 g/mol. The first-order chi connectivity index (χ1) is 7.89. The van der Waals surface area contributed by atoms with E-state index in [1.165, 1.54) is 0 Å². The second-order valence-electron chi connectivity index (χ2n) is 4.18. The zero-order valence-electron chi connectivity index (χ0n) is 9.76. The van der Waals surface area contributed by atoms with Crippen molar-refractivity contribution in [1.29, 1.82) is 0 Å². The van der Waals surface area contributed by atoms with Gasteiger partial charge in [-0.3, -0.25) is 4.99 Å². The van der Waals surface area contributed by atoms with E-state index in [1.807, 2.05) is 0 Å². The predicted molar refractivity (Wildman–Crippen MR) is 58.7 cm³/mol. The summed E-state index contributed by atoms with van der Waals surface area (Å²) >= 11 is 0. The van der Waals surface area contributed by atoms with Crippen LogP contribution in [0.2, 0.25) is 0 Å². The lowest BCUT2D eigenvalue weighted by Crippen LogP contribution is -2.38. The van der Waals surface area contributed by atoms with Crippen LogP contribution >= 0.6 is 0 Å². The quantitative estimate of drug-likeness (QED) is 0.586. The summed E-state index contributed by atoms with van der Waals surface area (Å²) in [5.41, 5.74) is 5.46. The maximum atomic E-state index is 12.2. The van der Waals surface area contributed by atoms with Crippen LogP contribution in [0.3, 0.4) is 0 Å². The third-order valence-electron chi connectivity index (χ3n) is 2.63. The van der Waals surface area contributed by atoms with E-state index in [4.69, 9.17) is 10.5 Å². The molecule has 0 aromatic heterocycles. The van der Waals surface area contributed by atoms with Crippen molar-refractivity contribution in [2.75, 3.05) is 19.7 Å². The summed E-state index contributed by atoms with van der Waals surface area (Å²) in [6.07, 6.45) is -2.18. The Labute approximate surface area is 98.4 Å². The minimum Gasteiger partial charge on any atom is -0.376 e. The second kappa shape index (κ2) is 6.09. The molecule has 0 aliphatic carbocycles. The molecule has 100 valence electrons. The van der Waals surface area contributed by atoms with E-state index in [2.05, 4.69) is 10.3 Å². The van der Waals surface area contributed by atoms with Gasteiger partial charge in [0, 0.05) is 13.2 Å². The molecule has 0 amide bonds. The minimum atomic E-state index is -4.22. The van der Waals surface area contributed by atoms with Gasteiger partial charge in [0.2, 0.25) is 0 Å². The van der Waals surface area contributed by atoms with Crippen LogP contribution in [0.5, 0.6) is 0 Å². The number of hydrogen-bond donors (Lipinski definition) is 2. The van der Waals surface area contributed by atoms with Crippen LogP contribution < -0.4 is 11.1 Å². The lowest BCUT2D eigenvalue weighted by molar-refractivity contribution is -0.166. The number of halogens is 3. The minimum absolute atomic E-state index is 0.0385. The van der Waals surface area contributed by atoms with Crippen LogP contribution in [0, 0.1) is 5.92 Å². The zero-order valence-corrected chi connectivity index (χ0v) is 9.76. The topological polar surface area (TPSA) is 59.6 Å². The first-order valence-corrected chi connectivity index (χ1v) is 5.61. The highest BCUT2D eigenvalue weighted by Crippen LogP contribution is 2.25. The van der Waals surface area contributed by atoms with E-state index in [1.54, 1.807) is 0 Å². The zero-order chi connectivity index (χ0) is 12.9. The van der Waals surface area contributed by atoms with Crippen molar-refractivity contribution in [3.63, 3.8) is 0 Å². The smallest absolute Gasteiger partial charge is 0.376 e. The van der Waals surface area contributed by atoms with Crippen molar-refractivity contribution in [2.24, 2.45) is 16.6 Å². The highest BCUT2D eigenvalue weighted by atomic mass is 19.4. The van der Waals surface area contributed by atoms with E-state index < -0.39 is 12.1 Å². The Morgan fingerprint density at radius 2 is 2.29 bits per heavy atom. The summed E-state index contributed by atoms with van der Waals surface area (Å²) in [4.78, 5) is 3.66. The van der Waals surface area contributed by atoms with Gasteiger partial charge in [-0.15, -0.1) is 0 Å². The van der Waals surface area contributed by atoms with Crippen LogP contribution in [-0.4, -0.2) is 37.9 Å².